The molecule has 0 aliphatic rings. The van der Waals surface area contributed by atoms with Gasteiger partial charge in [-0.05, 0) is 35.1 Å². The molecule has 0 fully saturated rings. The summed E-state index contributed by atoms with van der Waals surface area (Å²) in [5.41, 5.74) is 10.4. The summed E-state index contributed by atoms with van der Waals surface area (Å²) in [5.74, 6) is 2.25. The predicted octanol–water partition coefficient (Wildman–Crippen LogP) is 4.13. The first kappa shape index (κ1) is 13.8. The lowest BCUT2D eigenvalue weighted by molar-refractivity contribution is 1.15. The van der Waals surface area contributed by atoms with E-state index in [1.807, 2.05) is 30.0 Å². The van der Waals surface area contributed by atoms with Crippen molar-refractivity contribution in [2.45, 2.75) is 19.2 Å². The molecular formula is C16H20N2S. The fraction of sp³-hybridized carbons (Fsp3) is 0.250. The third-order valence-electron chi connectivity index (χ3n) is 2.96. The molecule has 100 valence electrons. The van der Waals surface area contributed by atoms with Crippen LogP contribution in [0.1, 0.15) is 18.1 Å². The molecule has 0 radical (unpaired) electrons. The highest BCUT2D eigenvalue weighted by atomic mass is 32.2. The number of benzene rings is 2. The van der Waals surface area contributed by atoms with Gasteiger partial charge in [-0.3, -0.25) is 0 Å². The van der Waals surface area contributed by atoms with E-state index in [0.717, 1.165) is 35.0 Å². The highest BCUT2D eigenvalue weighted by Gasteiger charge is 1.98. The maximum absolute atomic E-state index is 5.92. The molecular weight excluding hydrogens is 252 g/mol. The van der Waals surface area contributed by atoms with Gasteiger partial charge in [-0.1, -0.05) is 37.3 Å². The second-order valence-corrected chi connectivity index (χ2v) is 5.66. The lowest BCUT2D eigenvalue weighted by atomic mass is 10.1. The summed E-state index contributed by atoms with van der Waals surface area (Å²) in [5, 5.41) is 3.40. The van der Waals surface area contributed by atoms with E-state index in [4.69, 9.17) is 5.73 Å². The van der Waals surface area contributed by atoms with Crippen molar-refractivity contribution in [1.29, 1.82) is 0 Å². The molecule has 0 aliphatic carbocycles. The van der Waals surface area contributed by atoms with Crippen LogP contribution in [0.3, 0.4) is 0 Å². The highest BCUT2D eigenvalue weighted by Crippen LogP contribution is 2.17. The zero-order chi connectivity index (χ0) is 13.5. The van der Waals surface area contributed by atoms with Crippen LogP contribution in [0.25, 0.3) is 0 Å². The zero-order valence-corrected chi connectivity index (χ0v) is 12.0. The molecule has 0 atom stereocenters. The van der Waals surface area contributed by atoms with E-state index in [9.17, 15) is 0 Å². The molecule has 2 aromatic carbocycles. The van der Waals surface area contributed by atoms with Crippen molar-refractivity contribution < 1.29 is 0 Å². The topological polar surface area (TPSA) is 38.0 Å². The number of hydrogen-bond donors (Lipinski definition) is 2. The first-order valence-corrected chi connectivity index (χ1v) is 7.69. The Labute approximate surface area is 119 Å². The Morgan fingerprint density at radius 1 is 1.05 bits per heavy atom. The summed E-state index contributed by atoms with van der Waals surface area (Å²) >= 11 is 1.94. The van der Waals surface area contributed by atoms with Crippen molar-refractivity contribution in [2.24, 2.45) is 0 Å². The van der Waals surface area contributed by atoms with Crippen molar-refractivity contribution in [3.63, 3.8) is 0 Å². The Hall–Kier alpha value is -1.61. The number of anilines is 2. The molecule has 0 unspecified atom stereocenters. The van der Waals surface area contributed by atoms with E-state index < -0.39 is 0 Å². The minimum absolute atomic E-state index is 0.760. The normalized spacial score (nSPS) is 10.4. The van der Waals surface area contributed by atoms with Crippen molar-refractivity contribution in [3.05, 3.63) is 59.7 Å². The van der Waals surface area contributed by atoms with Crippen LogP contribution in [0.2, 0.25) is 0 Å². The molecule has 0 amide bonds. The quantitative estimate of drug-likeness (QED) is 0.776. The van der Waals surface area contributed by atoms with Gasteiger partial charge in [-0.15, -0.1) is 0 Å². The fourth-order valence-electron chi connectivity index (χ4n) is 1.83. The molecule has 0 bridgehead atoms. The summed E-state index contributed by atoms with van der Waals surface area (Å²) in [6.45, 7) is 2.95. The number of nitrogens with one attached hydrogen (secondary N) is 1. The third-order valence-corrected chi connectivity index (χ3v) is 3.91. The molecule has 3 heteroatoms. The van der Waals surface area contributed by atoms with Crippen LogP contribution in [0.4, 0.5) is 11.4 Å². The largest absolute Gasteiger partial charge is 0.398 e. The van der Waals surface area contributed by atoms with E-state index in [-0.39, 0.29) is 0 Å². The lowest BCUT2D eigenvalue weighted by Crippen LogP contribution is -2.02. The average molecular weight is 272 g/mol. The highest BCUT2D eigenvalue weighted by molar-refractivity contribution is 7.98. The minimum atomic E-state index is 0.760. The van der Waals surface area contributed by atoms with E-state index in [1.54, 1.807) is 0 Å². The molecule has 0 saturated carbocycles. The minimum Gasteiger partial charge on any atom is -0.398 e. The van der Waals surface area contributed by atoms with Gasteiger partial charge in [0.05, 0.1) is 0 Å². The van der Waals surface area contributed by atoms with Gasteiger partial charge in [0, 0.05) is 23.7 Å². The van der Waals surface area contributed by atoms with Gasteiger partial charge in [-0.25, -0.2) is 0 Å². The maximum atomic E-state index is 5.92. The molecule has 0 spiro atoms. The van der Waals surface area contributed by atoms with E-state index >= 15 is 0 Å². The van der Waals surface area contributed by atoms with Crippen LogP contribution in [0, 0.1) is 0 Å². The average Bonchev–Trinajstić information content (AvgIpc) is 2.45. The van der Waals surface area contributed by atoms with Crippen LogP contribution >= 0.6 is 11.8 Å². The predicted molar refractivity (Wildman–Crippen MR) is 86.5 cm³/mol. The zero-order valence-electron chi connectivity index (χ0n) is 11.2. The number of nitrogens with two attached hydrogens (primary N) is 1. The second-order valence-electron chi connectivity index (χ2n) is 4.39. The van der Waals surface area contributed by atoms with Crippen LogP contribution in [-0.4, -0.2) is 5.75 Å². The first-order valence-electron chi connectivity index (χ1n) is 6.53. The van der Waals surface area contributed by atoms with E-state index in [1.165, 1.54) is 5.56 Å². The number of para-hydroxylation sites is 1. The fourth-order valence-corrected chi connectivity index (χ4v) is 2.46. The van der Waals surface area contributed by atoms with Crippen molar-refractivity contribution in [2.75, 3.05) is 16.8 Å². The van der Waals surface area contributed by atoms with Gasteiger partial charge in [0.1, 0.15) is 0 Å². The molecule has 2 aromatic rings. The van der Waals surface area contributed by atoms with Crippen molar-refractivity contribution in [3.8, 4) is 0 Å². The number of hydrogen-bond acceptors (Lipinski definition) is 3. The van der Waals surface area contributed by atoms with Gasteiger partial charge in [0.2, 0.25) is 0 Å². The Kier molecular flexibility index (Phi) is 5.16. The molecule has 19 heavy (non-hydrogen) atoms. The number of nitrogen functional groups attached to an aromatic ring is 1. The molecule has 0 saturated heterocycles. The summed E-state index contributed by atoms with van der Waals surface area (Å²) in [4.78, 5) is 0. The molecule has 0 heterocycles. The van der Waals surface area contributed by atoms with Gasteiger partial charge < -0.3 is 11.1 Å². The number of thioether (sulfide) groups is 1. The monoisotopic (exact) mass is 272 g/mol. The van der Waals surface area contributed by atoms with Gasteiger partial charge >= 0.3 is 0 Å². The maximum Gasteiger partial charge on any atom is 0.0421 e. The molecule has 0 aliphatic heterocycles. The van der Waals surface area contributed by atoms with Crippen molar-refractivity contribution >= 4 is 23.1 Å². The Morgan fingerprint density at radius 3 is 2.47 bits per heavy atom. The first-order chi connectivity index (χ1) is 9.29. The third kappa shape index (κ3) is 4.21. The van der Waals surface area contributed by atoms with Gasteiger partial charge in [0.25, 0.3) is 0 Å². The second kappa shape index (κ2) is 7.10. The van der Waals surface area contributed by atoms with Crippen LogP contribution in [0.5, 0.6) is 0 Å². The van der Waals surface area contributed by atoms with Gasteiger partial charge in [-0.2, -0.15) is 11.8 Å². The van der Waals surface area contributed by atoms with Crippen LogP contribution in [-0.2, 0) is 12.3 Å². The van der Waals surface area contributed by atoms with Crippen LogP contribution in [0.15, 0.2) is 48.5 Å². The smallest absolute Gasteiger partial charge is 0.0421 e. The summed E-state index contributed by atoms with van der Waals surface area (Å²) in [7, 11) is 0. The van der Waals surface area contributed by atoms with E-state index in [0.29, 0.717) is 0 Å². The molecule has 2 nitrogen and oxygen atoms in total. The van der Waals surface area contributed by atoms with Crippen LogP contribution < -0.4 is 11.1 Å². The Balaban J connectivity index is 1.91. The standard InChI is InChI=1S/C16H20N2S/c1-2-19-12-13-7-9-15(10-8-13)18-11-14-5-3-4-6-16(14)17/h3-10,18H,2,11-12,17H2,1H3. The summed E-state index contributed by atoms with van der Waals surface area (Å²) < 4.78 is 0. The molecule has 0 aromatic heterocycles. The van der Waals surface area contributed by atoms with Gasteiger partial charge in [0.15, 0.2) is 0 Å². The number of rotatable bonds is 6. The summed E-state index contributed by atoms with van der Waals surface area (Å²) in [6, 6.07) is 16.6. The summed E-state index contributed by atoms with van der Waals surface area (Å²) in [6.07, 6.45) is 0. The Bertz CT molecular complexity index is 508. The lowest BCUT2D eigenvalue weighted by Gasteiger charge is -2.09. The molecule has 2 rings (SSSR count). The van der Waals surface area contributed by atoms with Crippen molar-refractivity contribution in [1.82, 2.24) is 0 Å². The Morgan fingerprint density at radius 2 is 1.79 bits per heavy atom. The van der Waals surface area contributed by atoms with E-state index in [2.05, 4.69) is 42.6 Å². The molecule has 3 N–H and O–H groups in total. The SMILES string of the molecule is CCSCc1ccc(NCc2ccccc2N)cc1.